The van der Waals surface area contributed by atoms with Crippen LogP contribution in [0.2, 0.25) is 0 Å². The minimum absolute atomic E-state index is 0.314. The van der Waals surface area contributed by atoms with Crippen LogP contribution < -0.4 is 5.32 Å². The summed E-state index contributed by atoms with van der Waals surface area (Å²) in [6, 6.07) is 5.34. The lowest BCUT2D eigenvalue weighted by Crippen LogP contribution is -2.21. The number of rotatable bonds is 7. The lowest BCUT2D eigenvalue weighted by atomic mass is 10.2. The zero-order valence-corrected chi connectivity index (χ0v) is 11.9. The van der Waals surface area contributed by atoms with E-state index in [-0.39, 0.29) is 6.61 Å². The average Bonchev–Trinajstić information content (AvgIpc) is 2.33. The van der Waals surface area contributed by atoms with Crippen LogP contribution in [-0.2, 0) is 25.7 Å². The summed E-state index contributed by atoms with van der Waals surface area (Å²) >= 11 is 3.37. The van der Waals surface area contributed by atoms with Crippen LogP contribution in [0.4, 0.5) is 5.69 Å². The number of ether oxygens (including phenoxy) is 2. The number of carboxylic acids is 1. The molecule has 0 atom stereocenters. The highest BCUT2D eigenvalue weighted by atomic mass is 79.9. The van der Waals surface area contributed by atoms with E-state index in [0.717, 1.165) is 10.0 Å². The van der Waals surface area contributed by atoms with Crippen LogP contribution in [0.1, 0.15) is 5.56 Å². The Balaban J connectivity index is 2.63. The van der Waals surface area contributed by atoms with E-state index in [2.05, 4.69) is 21.2 Å². The zero-order valence-electron chi connectivity index (χ0n) is 10.3. The average molecular weight is 332 g/mol. The number of hydrogen-bond acceptors (Lipinski definition) is 4. The van der Waals surface area contributed by atoms with Gasteiger partial charge in [-0.25, -0.2) is 4.79 Å². The van der Waals surface area contributed by atoms with Gasteiger partial charge >= 0.3 is 5.97 Å². The van der Waals surface area contributed by atoms with Gasteiger partial charge in [-0.05, 0) is 12.1 Å². The molecular formula is C12H14BrNO5. The van der Waals surface area contributed by atoms with Gasteiger partial charge in [-0.15, -0.1) is 0 Å². The van der Waals surface area contributed by atoms with Gasteiger partial charge in [0.05, 0.1) is 6.61 Å². The third-order valence-electron chi connectivity index (χ3n) is 2.14. The summed E-state index contributed by atoms with van der Waals surface area (Å²) in [5.74, 6) is -1.54. The van der Waals surface area contributed by atoms with Crippen LogP contribution in [0.15, 0.2) is 22.7 Å². The number of nitrogens with one attached hydrogen (secondary N) is 1. The summed E-state index contributed by atoms with van der Waals surface area (Å²) in [6.45, 7) is -0.477. The molecule has 1 rings (SSSR count). The molecule has 7 heteroatoms. The smallest absolute Gasteiger partial charge is 0.329 e. The molecule has 0 heterocycles. The molecule has 0 spiro atoms. The van der Waals surface area contributed by atoms with Crippen LogP contribution in [-0.4, -0.2) is 37.3 Å². The van der Waals surface area contributed by atoms with Gasteiger partial charge in [0.25, 0.3) is 0 Å². The van der Waals surface area contributed by atoms with E-state index in [1.165, 1.54) is 0 Å². The van der Waals surface area contributed by atoms with Crippen LogP contribution in [0.5, 0.6) is 0 Å². The number of halogens is 1. The number of carbonyl (C=O) groups is 2. The van der Waals surface area contributed by atoms with Crippen molar-refractivity contribution in [2.24, 2.45) is 0 Å². The summed E-state index contributed by atoms with van der Waals surface area (Å²) in [4.78, 5) is 21.8. The summed E-state index contributed by atoms with van der Waals surface area (Å²) in [6.07, 6.45) is 0. The lowest BCUT2D eigenvalue weighted by Gasteiger charge is -2.12. The first-order chi connectivity index (χ1) is 9.04. The molecule has 1 aromatic rings. The number of aliphatic carboxylic acids is 1. The maximum Gasteiger partial charge on any atom is 0.329 e. The Bertz CT molecular complexity index is 463. The van der Waals surface area contributed by atoms with E-state index < -0.39 is 18.5 Å². The van der Waals surface area contributed by atoms with Gasteiger partial charge in [0.1, 0.15) is 13.2 Å². The molecule has 0 aliphatic carbocycles. The summed E-state index contributed by atoms with van der Waals surface area (Å²) in [5.41, 5.74) is 1.40. The fourth-order valence-electron chi connectivity index (χ4n) is 1.38. The van der Waals surface area contributed by atoms with Gasteiger partial charge in [-0.2, -0.15) is 0 Å². The maximum absolute atomic E-state index is 11.6. The van der Waals surface area contributed by atoms with Crippen LogP contribution >= 0.6 is 15.9 Å². The van der Waals surface area contributed by atoms with E-state index in [4.69, 9.17) is 14.6 Å². The molecule has 0 aromatic heterocycles. The zero-order chi connectivity index (χ0) is 14.3. The van der Waals surface area contributed by atoms with Crippen molar-refractivity contribution in [2.75, 3.05) is 25.6 Å². The minimum Gasteiger partial charge on any atom is -0.480 e. The molecule has 19 heavy (non-hydrogen) atoms. The molecular weight excluding hydrogens is 318 g/mol. The van der Waals surface area contributed by atoms with E-state index in [1.54, 1.807) is 19.2 Å². The van der Waals surface area contributed by atoms with Gasteiger partial charge in [0, 0.05) is 22.8 Å². The van der Waals surface area contributed by atoms with Crippen molar-refractivity contribution in [3.8, 4) is 0 Å². The molecule has 1 amide bonds. The lowest BCUT2D eigenvalue weighted by molar-refractivity contribution is -0.143. The Morgan fingerprint density at radius 2 is 2.11 bits per heavy atom. The Labute approximate surface area is 118 Å². The third-order valence-corrected chi connectivity index (χ3v) is 2.88. The molecule has 0 aliphatic rings. The highest BCUT2D eigenvalue weighted by molar-refractivity contribution is 9.10. The van der Waals surface area contributed by atoms with Crippen molar-refractivity contribution < 1.29 is 24.2 Å². The van der Waals surface area contributed by atoms with Crippen molar-refractivity contribution in [3.63, 3.8) is 0 Å². The van der Waals surface area contributed by atoms with Crippen molar-refractivity contribution in [1.29, 1.82) is 0 Å². The molecule has 104 valence electrons. The molecule has 2 N–H and O–H groups in total. The summed E-state index contributed by atoms with van der Waals surface area (Å²) in [7, 11) is 1.56. The second-order valence-corrected chi connectivity index (χ2v) is 4.49. The molecule has 0 aliphatic heterocycles. The number of hydrogen-bond donors (Lipinski definition) is 2. The van der Waals surface area contributed by atoms with Gasteiger partial charge in [0.15, 0.2) is 0 Å². The first kappa shape index (κ1) is 15.6. The number of carbonyl (C=O) groups excluding carboxylic acids is 1. The van der Waals surface area contributed by atoms with Gasteiger partial charge in [0.2, 0.25) is 5.91 Å². The quantitative estimate of drug-likeness (QED) is 0.793. The molecule has 1 aromatic carbocycles. The van der Waals surface area contributed by atoms with E-state index >= 15 is 0 Å². The third kappa shape index (κ3) is 5.37. The van der Waals surface area contributed by atoms with Gasteiger partial charge in [-0.3, -0.25) is 4.79 Å². The van der Waals surface area contributed by atoms with Gasteiger partial charge in [-0.1, -0.05) is 22.0 Å². The number of benzene rings is 1. The molecule has 0 bridgehead atoms. The van der Waals surface area contributed by atoms with Crippen LogP contribution in [0, 0.1) is 0 Å². The first-order valence-corrected chi connectivity index (χ1v) is 6.19. The highest BCUT2D eigenvalue weighted by Gasteiger charge is 2.10. The predicted molar refractivity (Wildman–Crippen MR) is 71.9 cm³/mol. The Hall–Kier alpha value is -1.44. The Morgan fingerprint density at radius 1 is 1.37 bits per heavy atom. The predicted octanol–water partition coefficient (Wildman–Crippen LogP) is 1.64. The minimum atomic E-state index is -1.12. The van der Waals surface area contributed by atoms with Crippen molar-refractivity contribution in [3.05, 3.63) is 28.2 Å². The fraction of sp³-hybridized carbons (Fsp3) is 0.333. The van der Waals surface area contributed by atoms with Crippen LogP contribution in [0.25, 0.3) is 0 Å². The Kier molecular flexibility index (Phi) is 6.48. The number of carboxylic acid groups (broad SMARTS) is 1. The van der Waals surface area contributed by atoms with Crippen molar-refractivity contribution in [1.82, 2.24) is 0 Å². The molecule has 0 unspecified atom stereocenters. The molecule has 0 saturated carbocycles. The first-order valence-electron chi connectivity index (χ1n) is 5.40. The van der Waals surface area contributed by atoms with E-state index in [1.807, 2.05) is 6.07 Å². The summed E-state index contributed by atoms with van der Waals surface area (Å²) in [5, 5.41) is 11.0. The van der Waals surface area contributed by atoms with Crippen molar-refractivity contribution in [2.45, 2.75) is 6.61 Å². The fourth-order valence-corrected chi connectivity index (χ4v) is 1.86. The number of anilines is 1. The second kappa shape index (κ2) is 7.88. The SMILES string of the molecule is COCc1c(Br)cccc1NC(=O)COCC(=O)O. The van der Waals surface area contributed by atoms with E-state index in [0.29, 0.717) is 12.3 Å². The number of amides is 1. The maximum atomic E-state index is 11.6. The second-order valence-electron chi connectivity index (χ2n) is 3.63. The van der Waals surface area contributed by atoms with Crippen molar-refractivity contribution >= 4 is 33.5 Å². The molecule has 0 radical (unpaired) electrons. The molecule has 0 fully saturated rings. The topological polar surface area (TPSA) is 84.9 Å². The summed E-state index contributed by atoms with van der Waals surface area (Å²) < 4.78 is 10.6. The molecule has 6 nitrogen and oxygen atoms in total. The Morgan fingerprint density at radius 3 is 2.74 bits per heavy atom. The monoisotopic (exact) mass is 331 g/mol. The largest absolute Gasteiger partial charge is 0.480 e. The van der Waals surface area contributed by atoms with Gasteiger partial charge < -0.3 is 19.9 Å². The standard InChI is InChI=1S/C12H14BrNO5/c1-18-5-8-9(13)3-2-4-10(8)14-11(15)6-19-7-12(16)17/h2-4H,5-7H2,1H3,(H,14,15)(H,16,17). The molecule has 0 saturated heterocycles. The van der Waals surface area contributed by atoms with E-state index in [9.17, 15) is 9.59 Å². The highest BCUT2D eigenvalue weighted by Crippen LogP contribution is 2.25. The van der Waals surface area contributed by atoms with Crippen LogP contribution in [0.3, 0.4) is 0 Å². The normalized spacial score (nSPS) is 10.2. The number of methoxy groups -OCH3 is 1.